The number of nitrogens with one attached hydrogen (secondary N) is 2. The lowest BCUT2D eigenvalue weighted by Crippen LogP contribution is -2.39. The largest absolute Gasteiger partial charge is 0.379 e. The first-order valence-corrected chi connectivity index (χ1v) is 8.80. The fourth-order valence-electron chi connectivity index (χ4n) is 2.34. The van der Waals surface area contributed by atoms with Crippen LogP contribution in [0.2, 0.25) is 0 Å². The Hall–Kier alpha value is -2.34. The van der Waals surface area contributed by atoms with Gasteiger partial charge in [-0.3, -0.25) is 4.99 Å². The first-order valence-electron chi connectivity index (χ1n) is 8.80. The predicted molar refractivity (Wildman–Crippen MR) is 102 cm³/mol. The number of hydrogen-bond acceptors (Lipinski definition) is 3. The van der Waals surface area contributed by atoms with E-state index in [4.69, 9.17) is 4.74 Å². The molecule has 0 fully saturated rings. The maximum Gasteiger partial charge on any atom is 0.191 e. The SMILES string of the molecule is CN=C(NCCOCC(C)C)NCCc1ccc(-n2cccn2)cc1. The molecule has 136 valence electrons. The quantitative estimate of drug-likeness (QED) is 0.416. The number of aromatic nitrogens is 2. The summed E-state index contributed by atoms with van der Waals surface area (Å²) in [4.78, 5) is 4.23. The smallest absolute Gasteiger partial charge is 0.191 e. The molecule has 2 aromatic rings. The first-order chi connectivity index (χ1) is 12.2. The molecule has 0 spiro atoms. The van der Waals surface area contributed by atoms with Crippen molar-refractivity contribution in [2.45, 2.75) is 20.3 Å². The van der Waals surface area contributed by atoms with Crippen molar-refractivity contribution >= 4 is 5.96 Å². The van der Waals surface area contributed by atoms with Gasteiger partial charge in [-0.25, -0.2) is 4.68 Å². The summed E-state index contributed by atoms with van der Waals surface area (Å²) >= 11 is 0. The van der Waals surface area contributed by atoms with E-state index in [0.29, 0.717) is 12.5 Å². The van der Waals surface area contributed by atoms with Crippen LogP contribution in [0.4, 0.5) is 0 Å². The second-order valence-electron chi connectivity index (χ2n) is 6.26. The number of nitrogens with zero attached hydrogens (tertiary/aromatic N) is 3. The van der Waals surface area contributed by atoms with E-state index >= 15 is 0 Å². The Morgan fingerprint density at radius 2 is 1.96 bits per heavy atom. The summed E-state index contributed by atoms with van der Waals surface area (Å²) in [6, 6.07) is 10.4. The highest BCUT2D eigenvalue weighted by Gasteiger charge is 2.00. The molecule has 2 N–H and O–H groups in total. The van der Waals surface area contributed by atoms with Gasteiger partial charge in [0.2, 0.25) is 0 Å². The standard InChI is InChI=1S/C19H29N5O/c1-16(2)15-25-14-12-22-19(20-3)21-11-9-17-5-7-18(8-6-17)24-13-4-10-23-24/h4-8,10,13,16H,9,11-12,14-15H2,1-3H3,(H2,20,21,22). The van der Waals surface area contributed by atoms with Gasteiger partial charge in [0.25, 0.3) is 0 Å². The van der Waals surface area contributed by atoms with E-state index in [1.165, 1.54) is 5.56 Å². The van der Waals surface area contributed by atoms with E-state index in [1.54, 1.807) is 13.2 Å². The van der Waals surface area contributed by atoms with E-state index in [-0.39, 0.29) is 0 Å². The number of guanidine groups is 1. The van der Waals surface area contributed by atoms with Crippen LogP contribution in [-0.2, 0) is 11.2 Å². The normalized spacial score (nSPS) is 11.8. The second-order valence-corrected chi connectivity index (χ2v) is 6.26. The Balaban J connectivity index is 1.66. The number of hydrogen-bond donors (Lipinski definition) is 2. The third kappa shape index (κ3) is 6.97. The minimum atomic E-state index is 0.567. The zero-order valence-corrected chi connectivity index (χ0v) is 15.4. The van der Waals surface area contributed by atoms with Crippen LogP contribution >= 0.6 is 0 Å². The maximum absolute atomic E-state index is 5.55. The van der Waals surface area contributed by atoms with Crippen molar-refractivity contribution in [3.05, 3.63) is 48.3 Å². The van der Waals surface area contributed by atoms with Crippen molar-refractivity contribution in [3.63, 3.8) is 0 Å². The molecule has 1 aromatic carbocycles. The van der Waals surface area contributed by atoms with Crippen LogP contribution in [-0.4, -0.2) is 49.1 Å². The van der Waals surface area contributed by atoms with Crippen molar-refractivity contribution in [3.8, 4) is 5.69 Å². The monoisotopic (exact) mass is 343 g/mol. The fraction of sp³-hybridized carbons (Fsp3) is 0.474. The Bertz CT molecular complexity index is 620. The van der Waals surface area contributed by atoms with E-state index in [9.17, 15) is 0 Å². The molecule has 0 saturated carbocycles. The number of aliphatic imine (C=N–C) groups is 1. The molecule has 6 nitrogen and oxygen atoms in total. The number of ether oxygens (including phenoxy) is 1. The summed E-state index contributed by atoms with van der Waals surface area (Å²) in [5.41, 5.74) is 2.35. The molecule has 0 aliphatic rings. The summed E-state index contributed by atoms with van der Waals surface area (Å²) in [5.74, 6) is 1.37. The highest BCUT2D eigenvalue weighted by molar-refractivity contribution is 5.79. The lowest BCUT2D eigenvalue weighted by Gasteiger charge is -2.13. The van der Waals surface area contributed by atoms with Crippen LogP contribution in [0.1, 0.15) is 19.4 Å². The van der Waals surface area contributed by atoms with Crippen molar-refractivity contribution in [1.82, 2.24) is 20.4 Å². The molecular formula is C19H29N5O. The van der Waals surface area contributed by atoms with Crippen molar-refractivity contribution < 1.29 is 4.74 Å². The zero-order valence-electron chi connectivity index (χ0n) is 15.4. The highest BCUT2D eigenvalue weighted by atomic mass is 16.5. The van der Waals surface area contributed by atoms with E-state index in [0.717, 1.165) is 37.8 Å². The van der Waals surface area contributed by atoms with Gasteiger partial charge in [-0.05, 0) is 36.1 Å². The molecule has 0 atom stereocenters. The van der Waals surface area contributed by atoms with Crippen LogP contribution in [0.5, 0.6) is 0 Å². The van der Waals surface area contributed by atoms with Crippen molar-refractivity contribution in [1.29, 1.82) is 0 Å². The number of rotatable bonds is 9. The Kier molecular flexibility index (Phi) is 7.98. The van der Waals surface area contributed by atoms with Gasteiger partial charge in [0.15, 0.2) is 5.96 Å². The summed E-state index contributed by atoms with van der Waals surface area (Å²) in [6.07, 6.45) is 4.66. The van der Waals surface area contributed by atoms with Crippen LogP contribution < -0.4 is 10.6 Å². The molecule has 0 bridgehead atoms. The van der Waals surface area contributed by atoms with Crippen molar-refractivity contribution in [2.75, 3.05) is 33.4 Å². The Labute approximate surface area is 150 Å². The van der Waals surface area contributed by atoms with E-state index < -0.39 is 0 Å². The average Bonchev–Trinajstić information content (AvgIpc) is 3.15. The summed E-state index contributed by atoms with van der Waals surface area (Å²) < 4.78 is 7.41. The molecule has 0 amide bonds. The lowest BCUT2D eigenvalue weighted by molar-refractivity contribution is 0.114. The predicted octanol–water partition coefficient (Wildman–Crippen LogP) is 2.25. The second kappa shape index (κ2) is 10.5. The van der Waals surface area contributed by atoms with Gasteiger partial charge >= 0.3 is 0 Å². The topological polar surface area (TPSA) is 63.5 Å². The third-order valence-corrected chi connectivity index (χ3v) is 3.63. The first kappa shape index (κ1) is 19.0. The van der Waals surface area contributed by atoms with Gasteiger partial charge in [-0.2, -0.15) is 5.10 Å². The minimum Gasteiger partial charge on any atom is -0.379 e. The third-order valence-electron chi connectivity index (χ3n) is 3.63. The Morgan fingerprint density at radius 3 is 2.60 bits per heavy atom. The minimum absolute atomic E-state index is 0.567. The molecule has 1 heterocycles. The summed E-state index contributed by atoms with van der Waals surface area (Å²) in [6.45, 7) is 7.36. The fourth-order valence-corrected chi connectivity index (χ4v) is 2.34. The molecule has 25 heavy (non-hydrogen) atoms. The molecular weight excluding hydrogens is 314 g/mol. The van der Waals surface area contributed by atoms with Crippen LogP contribution in [0.15, 0.2) is 47.7 Å². The maximum atomic E-state index is 5.55. The van der Waals surface area contributed by atoms with E-state index in [1.807, 2.05) is 16.9 Å². The van der Waals surface area contributed by atoms with Gasteiger partial charge < -0.3 is 15.4 Å². The van der Waals surface area contributed by atoms with Gasteiger partial charge in [-0.15, -0.1) is 0 Å². The van der Waals surface area contributed by atoms with Crippen LogP contribution in [0.3, 0.4) is 0 Å². The molecule has 0 aliphatic carbocycles. The Morgan fingerprint density at radius 1 is 1.20 bits per heavy atom. The molecule has 2 rings (SSSR count). The van der Waals surface area contributed by atoms with Crippen LogP contribution in [0, 0.1) is 5.92 Å². The molecule has 0 unspecified atom stereocenters. The van der Waals surface area contributed by atoms with Gasteiger partial charge in [0.05, 0.1) is 12.3 Å². The summed E-state index contributed by atoms with van der Waals surface area (Å²) in [7, 11) is 1.78. The van der Waals surface area contributed by atoms with Gasteiger partial charge in [0.1, 0.15) is 0 Å². The molecule has 0 radical (unpaired) electrons. The molecule has 0 saturated heterocycles. The van der Waals surface area contributed by atoms with Crippen molar-refractivity contribution in [2.24, 2.45) is 10.9 Å². The van der Waals surface area contributed by atoms with E-state index in [2.05, 4.69) is 58.8 Å². The zero-order chi connectivity index (χ0) is 17.9. The van der Waals surface area contributed by atoms with Crippen LogP contribution in [0.25, 0.3) is 5.69 Å². The van der Waals surface area contributed by atoms with Gasteiger partial charge in [-0.1, -0.05) is 26.0 Å². The molecule has 0 aliphatic heterocycles. The molecule has 6 heteroatoms. The molecule has 1 aromatic heterocycles. The highest BCUT2D eigenvalue weighted by Crippen LogP contribution is 2.08. The van der Waals surface area contributed by atoms with Gasteiger partial charge in [0, 0.05) is 39.1 Å². The number of benzene rings is 1. The lowest BCUT2D eigenvalue weighted by atomic mass is 10.1. The summed E-state index contributed by atoms with van der Waals surface area (Å²) in [5, 5.41) is 10.8. The average molecular weight is 343 g/mol.